The topological polar surface area (TPSA) is 0 Å². The Morgan fingerprint density at radius 3 is 2.43 bits per heavy atom. The smallest absolute Gasteiger partial charge is 0.00147 e. The Morgan fingerprint density at radius 2 is 1.86 bits per heavy atom. The zero-order chi connectivity index (χ0) is 9.80. The molecule has 0 saturated carbocycles. The van der Waals surface area contributed by atoms with Crippen LogP contribution in [-0.4, -0.2) is 0 Å². The van der Waals surface area contributed by atoms with Gasteiger partial charge in [0.15, 0.2) is 0 Å². The van der Waals surface area contributed by atoms with Gasteiger partial charge in [-0.25, -0.2) is 0 Å². The predicted molar refractivity (Wildman–Crippen MR) is 63.7 cm³/mol. The van der Waals surface area contributed by atoms with E-state index in [0.29, 0.717) is 0 Å². The van der Waals surface area contributed by atoms with Crippen LogP contribution < -0.4 is 0 Å². The molecule has 0 bridgehead atoms. The molecular weight excluding hydrogens is 188 g/mol. The quantitative estimate of drug-likeness (QED) is 0.653. The van der Waals surface area contributed by atoms with Crippen molar-refractivity contribution >= 4 is 11.3 Å². The molecule has 0 N–H and O–H groups in total. The highest BCUT2D eigenvalue weighted by Crippen LogP contribution is 2.22. The third-order valence-electron chi connectivity index (χ3n) is 2.19. The molecule has 0 amide bonds. The van der Waals surface area contributed by atoms with E-state index in [-0.39, 0.29) is 0 Å². The molecule has 2 rings (SSSR count). The lowest BCUT2D eigenvalue weighted by Gasteiger charge is -1.99. The standard InChI is InChI=1S/C13H12S/c1-2-3-11-4-6-12(7-5-11)13-8-9-14-10-13/h2,4-10H,1,3H2. The summed E-state index contributed by atoms with van der Waals surface area (Å²) in [6.07, 6.45) is 2.88. The summed E-state index contributed by atoms with van der Waals surface area (Å²) in [5.41, 5.74) is 3.91. The van der Waals surface area contributed by atoms with Crippen molar-refractivity contribution in [3.05, 3.63) is 59.3 Å². The van der Waals surface area contributed by atoms with Gasteiger partial charge in [-0.15, -0.1) is 6.58 Å². The molecule has 1 aromatic carbocycles. The van der Waals surface area contributed by atoms with Crippen molar-refractivity contribution in [2.75, 3.05) is 0 Å². The summed E-state index contributed by atoms with van der Waals surface area (Å²) in [4.78, 5) is 0. The third-order valence-corrected chi connectivity index (χ3v) is 2.87. The zero-order valence-electron chi connectivity index (χ0n) is 7.94. The van der Waals surface area contributed by atoms with Gasteiger partial charge in [-0.2, -0.15) is 11.3 Å². The van der Waals surface area contributed by atoms with E-state index in [1.54, 1.807) is 11.3 Å². The van der Waals surface area contributed by atoms with Crippen LogP contribution in [0.25, 0.3) is 11.1 Å². The molecule has 0 aliphatic heterocycles. The minimum atomic E-state index is 0.948. The summed E-state index contributed by atoms with van der Waals surface area (Å²) >= 11 is 1.73. The molecule has 14 heavy (non-hydrogen) atoms. The van der Waals surface area contributed by atoms with Gasteiger partial charge in [0.1, 0.15) is 0 Å². The maximum absolute atomic E-state index is 3.73. The summed E-state index contributed by atoms with van der Waals surface area (Å²) in [5.74, 6) is 0. The lowest BCUT2D eigenvalue weighted by molar-refractivity contribution is 1.28. The molecule has 0 aliphatic rings. The van der Waals surface area contributed by atoms with Crippen LogP contribution in [0.1, 0.15) is 5.56 Å². The van der Waals surface area contributed by atoms with E-state index in [9.17, 15) is 0 Å². The molecule has 1 heterocycles. The van der Waals surface area contributed by atoms with Crippen molar-refractivity contribution in [2.24, 2.45) is 0 Å². The second-order valence-electron chi connectivity index (χ2n) is 3.20. The molecule has 2 aromatic rings. The van der Waals surface area contributed by atoms with Crippen molar-refractivity contribution < 1.29 is 0 Å². The first kappa shape index (κ1) is 9.22. The molecule has 0 atom stereocenters. The lowest BCUT2D eigenvalue weighted by Crippen LogP contribution is -1.80. The van der Waals surface area contributed by atoms with Gasteiger partial charge >= 0.3 is 0 Å². The maximum atomic E-state index is 3.73. The van der Waals surface area contributed by atoms with Crippen molar-refractivity contribution in [3.63, 3.8) is 0 Å². The fourth-order valence-electron chi connectivity index (χ4n) is 1.43. The third kappa shape index (κ3) is 1.94. The average molecular weight is 200 g/mol. The molecule has 0 unspecified atom stereocenters. The van der Waals surface area contributed by atoms with Gasteiger partial charge in [0, 0.05) is 0 Å². The Balaban J connectivity index is 2.26. The van der Waals surface area contributed by atoms with Crippen LogP contribution in [0.15, 0.2) is 53.7 Å². The average Bonchev–Trinajstić information content (AvgIpc) is 2.72. The molecule has 1 aromatic heterocycles. The van der Waals surface area contributed by atoms with Gasteiger partial charge in [0.05, 0.1) is 0 Å². The number of hydrogen-bond donors (Lipinski definition) is 0. The number of allylic oxidation sites excluding steroid dienone is 1. The van der Waals surface area contributed by atoms with Crippen molar-refractivity contribution in [1.82, 2.24) is 0 Å². The molecule has 0 spiro atoms. The van der Waals surface area contributed by atoms with Crippen LogP contribution in [0.3, 0.4) is 0 Å². The molecular formula is C13H12S. The first-order chi connectivity index (χ1) is 6.90. The van der Waals surface area contributed by atoms with E-state index in [1.807, 2.05) is 6.08 Å². The Kier molecular flexibility index (Phi) is 2.80. The minimum Gasteiger partial charge on any atom is -0.152 e. The fourth-order valence-corrected chi connectivity index (χ4v) is 2.09. The molecule has 1 heteroatoms. The molecule has 0 radical (unpaired) electrons. The van der Waals surface area contributed by atoms with E-state index in [4.69, 9.17) is 0 Å². The van der Waals surface area contributed by atoms with E-state index >= 15 is 0 Å². The van der Waals surface area contributed by atoms with Gasteiger partial charge < -0.3 is 0 Å². The highest BCUT2D eigenvalue weighted by atomic mass is 32.1. The van der Waals surface area contributed by atoms with Gasteiger partial charge in [-0.3, -0.25) is 0 Å². The van der Waals surface area contributed by atoms with Crippen LogP contribution in [0, 0.1) is 0 Å². The summed E-state index contributed by atoms with van der Waals surface area (Å²) in [6.45, 7) is 3.73. The van der Waals surface area contributed by atoms with E-state index < -0.39 is 0 Å². The van der Waals surface area contributed by atoms with Crippen LogP contribution >= 0.6 is 11.3 Å². The van der Waals surface area contributed by atoms with E-state index in [0.717, 1.165) is 6.42 Å². The maximum Gasteiger partial charge on any atom is -0.00147 e. The van der Waals surface area contributed by atoms with Crippen LogP contribution in [0.2, 0.25) is 0 Å². The SMILES string of the molecule is C=CCc1ccc(-c2ccsc2)cc1. The minimum absolute atomic E-state index is 0.948. The van der Waals surface area contributed by atoms with Gasteiger partial charge in [0.2, 0.25) is 0 Å². The highest BCUT2D eigenvalue weighted by Gasteiger charge is 1.96. The normalized spacial score (nSPS) is 10.0. The van der Waals surface area contributed by atoms with E-state index in [2.05, 4.69) is 47.7 Å². The molecule has 0 saturated heterocycles. The second kappa shape index (κ2) is 4.25. The highest BCUT2D eigenvalue weighted by molar-refractivity contribution is 7.08. The summed E-state index contributed by atoms with van der Waals surface area (Å²) in [6, 6.07) is 10.8. The summed E-state index contributed by atoms with van der Waals surface area (Å²) < 4.78 is 0. The number of rotatable bonds is 3. The van der Waals surface area contributed by atoms with Gasteiger partial charge in [-0.1, -0.05) is 30.3 Å². The summed E-state index contributed by atoms with van der Waals surface area (Å²) in [5, 5.41) is 4.27. The first-order valence-electron chi connectivity index (χ1n) is 4.62. The number of hydrogen-bond acceptors (Lipinski definition) is 1. The van der Waals surface area contributed by atoms with Gasteiger partial charge in [-0.05, 0) is 39.9 Å². The van der Waals surface area contributed by atoms with Crippen molar-refractivity contribution in [2.45, 2.75) is 6.42 Å². The fraction of sp³-hybridized carbons (Fsp3) is 0.0769. The number of benzene rings is 1. The van der Waals surface area contributed by atoms with Crippen molar-refractivity contribution in [1.29, 1.82) is 0 Å². The number of thiophene rings is 1. The van der Waals surface area contributed by atoms with Crippen LogP contribution in [0.4, 0.5) is 0 Å². The second-order valence-corrected chi connectivity index (χ2v) is 3.98. The Morgan fingerprint density at radius 1 is 1.07 bits per heavy atom. The Bertz CT molecular complexity index is 395. The lowest BCUT2D eigenvalue weighted by atomic mass is 10.1. The largest absolute Gasteiger partial charge is 0.152 e. The molecule has 70 valence electrons. The zero-order valence-corrected chi connectivity index (χ0v) is 8.76. The Hall–Kier alpha value is -1.34. The van der Waals surface area contributed by atoms with Crippen molar-refractivity contribution in [3.8, 4) is 11.1 Å². The van der Waals surface area contributed by atoms with Crippen LogP contribution in [-0.2, 0) is 6.42 Å². The van der Waals surface area contributed by atoms with Gasteiger partial charge in [0.25, 0.3) is 0 Å². The molecule has 0 fully saturated rings. The Labute approximate surface area is 88.5 Å². The van der Waals surface area contributed by atoms with E-state index in [1.165, 1.54) is 16.7 Å². The molecule has 0 nitrogen and oxygen atoms in total. The summed E-state index contributed by atoms with van der Waals surface area (Å²) in [7, 11) is 0. The monoisotopic (exact) mass is 200 g/mol. The first-order valence-corrected chi connectivity index (χ1v) is 5.57. The predicted octanol–water partition coefficient (Wildman–Crippen LogP) is 4.14. The molecule has 0 aliphatic carbocycles. The van der Waals surface area contributed by atoms with Crippen LogP contribution in [0.5, 0.6) is 0 Å².